The molecule has 1 aliphatic carbocycles. The van der Waals surface area contributed by atoms with Crippen LogP contribution in [0.1, 0.15) is 89.9 Å². The van der Waals surface area contributed by atoms with Gasteiger partial charge in [-0.25, -0.2) is 4.79 Å². The van der Waals surface area contributed by atoms with Crippen molar-refractivity contribution in [3.05, 3.63) is 88.8 Å². The lowest BCUT2D eigenvalue weighted by Gasteiger charge is -2.32. The van der Waals surface area contributed by atoms with E-state index in [1.165, 1.54) is 42.1 Å². The molecule has 0 unspecified atom stereocenters. The first-order valence-corrected chi connectivity index (χ1v) is 13.5. The minimum absolute atomic E-state index is 0.100. The zero-order valence-electron chi connectivity index (χ0n) is 23.3. The minimum atomic E-state index is -0.312. The van der Waals surface area contributed by atoms with Gasteiger partial charge in [-0.15, -0.1) is 0 Å². The number of hydrogen-bond acceptors (Lipinski definition) is 4. The zero-order valence-corrected chi connectivity index (χ0v) is 23.3. The number of unbranched alkanes of at least 4 members (excludes halogenated alkanes) is 3. The molecule has 37 heavy (non-hydrogen) atoms. The van der Waals surface area contributed by atoms with E-state index in [1.54, 1.807) is 24.5 Å². The van der Waals surface area contributed by atoms with E-state index in [2.05, 4.69) is 56.2 Å². The predicted molar refractivity (Wildman–Crippen MR) is 152 cm³/mol. The lowest BCUT2D eigenvalue weighted by atomic mass is 9.72. The molecular formula is C32H44N2O3. The van der Waals surface area contributed by atoms with Crippen LogP contribution >= 0.6 is 0 Å². The number of allylic oxidation sites excluding steroid dienone is 9. The van der Waals surface area contributed by atoms with Crippen molar-refractivity contribution in [2.45, 2.75) is 79.6 Å². The Bertz CT molecular complexity index is 1040. The zero-order chi connectivity index (χ0) is 27.1. The van der Waals surface area contributed by atoms with Crippen LogP contribution in [0.25, 0.3) is 0 Å². The number of nitrogens with one attached hydrogen (secondary N) is 1. The third kappa shape index (κ3) is 11.6. The summed E-state index contributed by atoms with van der Waals surface area (Å²) in [5, 5.41) is 2.89. The lowest BCUT2D eigenvalue weighted by Crippen LogP contribution is -2.24. The molecule has 1 aromatic rings. The van der Waals surface area contributed by atoms with Gasteiger partial charge in [0.2, 0.25) is 0 Å². The molecule has 0 spiro atoms. The Balaban J connectivity index is 1.62. The van der Waals surface area contributed by atoms with Crippen LogP contribution < -0.4 is 5.32 Å². The molecule has 2 rings (SSSR count). The van der Waals surface area contributed by atoms with E-state index in [1.807, 2.05) is 19.1 Å². The number of ether oxygens (including phenoxy) is 1. The highest BCUT2D eigenvalue weighted by Gasteiger charge is 2.26. The van der Waals surface area contributed by atoms with Crippen molar-refractivity contribution in [2.24, 2.45) is 5.41 Å². The summed E-state index contributed by atoms with van der Waals surface area (Å²) >= 11 is 0. The van der Waals surface area contributed by atoms with Gasteiger partial charge in [-0.2, -0.15) is 0 Å². The highest BCUT2D eigenvalue weighted by atomic mass is 16.5. The molecule has 0 atom stereocenters. The van der Waals surface area contributed by atoms with Crippen molar-refractivity contribution < 1.29 is 14.3 Å². The maximum atomic E-state index is 12.0. The molecule has 5 heteroatoms. The lowest BCUT2D eigenvalue weighted by molar-refractivity contribution is -0.137. The molecule has 200 valence electrons. The van der Waals surface area contributed by atoms with E-state index in [-0.39, 0.29) is 17.3 Å². The molecule has 0 saturated heterocycles. The normalized spacial score (nSPS) is 16.5. The van der Waals surface area contributed by atoms with E-state index in [0.29, 0.717) is 18.7 Å². The van der Waals surface area contributed by atoms with Gasteiger partial charge < -0.3 is 10.1 Å². The van der Waals surface area contributed by atoms with E-state index in [4.69, 9.17) is 4.74 Å². The molecule has 1 aromatic heterocycles. The van der Waals surface area contributed by atoms with Crippen LogP contribution in [-0.4, -0.2) is 30.0 Å². The fraction of sp³-hybridized carbons (Fsp3) is 0.469. The van der Waals surface area contributed by atoms with Gasteiger partial charge in [0.05, 0.1) is 12.2 Å². The Morgan fingerprint density at radius 3 is 2.62 bits per heavy atom. The second-order valence-corrected chi connectivity index (χ2v) is 10.5. The van der Waals surface area contributed by atoms with Gasteiger partial charge in [0.25, 0.3) is 5.91 Å². The average molecular weight is 505 g/mol. The first-order chi connectivity index (χ1) is 17.7. The number of pyridine rings is 1. The van der Waals surface area contributed by atoms with Crippen LogP contribution in [0.15, 0.2) is 83.3 Å². The van der Waals surface area contributed by atoms with Gasteiger partial charge >= 0.3 is 5.97 Å². The van der Waals surface area contributed by atoms with Crippen LogP contribution in [0, 0.1) is 5.41 Å². The quantitative estimate of drug-likeness (QED) is 0.131. The van der Waals surface area contributed by atoms with Gasteiger partial charge in [0, 0.05) is 25.0 Å². The molecule has 0 radical (unpaired) electrons. The monoisotopic (exact) mass is 504 g/mol. The second kappa shape index (κ2) is 15.8. The number of esters is 1. The Kier molecular flexibility index (Phi) is 12.8. The van der Waals surface area contributed by atoms with Crippen LogP contribution in [-0.2, 0) is 9.53 Å². The summed E-state index contributed by atoms with van der Waals surface area (Å²) in [7, 11) is 0. The molecule has 0 fully saturated rings. The summed E-state index contributed by atoms with van der Waals surface area (Å²) < 4.78 is 5.32. The van der Waals surface area contributed by atoms with Gasteiger partial charge in [0.15, 0.2) is 0 Å². The van der Waals surface area contributed by atoms with Crippen molar-refractivity contribution in [1.82, 2.24) is 10.3 Å². The molecule has 1 heterocycles. The van der Waals surface area contributed by atoms with Crippen molar-refractivity contribution in [3.63, 3.8) is 0 Å². The SMILES string of the molecule is CC(C=CC1=C(C)CCCC1(C)C)=CC=CC(C)=CC(=O)OCCCCCCNC(=O)c1cccnc1. The first kappa shape index (κ1) is 30.0. The summed E-state index contributed by atoms with van der Waals surface area (Å²) in [5.74, 6) is -0.412. The summed E-state index contributed by atoms with van der Waals surface area (Å²) in [6, 6.07) is 3.49. The standard InChI is InChI=1S/C32H44N2O3/c1-25(17-18-29-27(3)15-11-19-32(29,4)5)13-10-14-26(2)23-30(35)37-22-9-7-6-8-21-34-31(36)28-16-12-20-33-24-28/h10,12-14,16-18,20,23-24H,6-9,11,15,19,21-22H2,1-5H3,(H,34,36). The topological polar surface area (TPSA) is 68.3 Å². The molecule has 0 aromatic carbocycles. The Morgan fingerprint density at radius 1 is 1.11 bits per heavy atom. The van der Waals surface area contributed by atoms with E-state index in [0.717, 1.165) is 31.3 Å². The van der Waals surface area contributed by atoms with Crippen LogP contribution in [0.2, 0.25) is 0 Å². The van der Waals surface area contributed by atoms with Gasteiger partial charge in [0.1, 0.15) is 0 Å². The fourth-order valence-electron chi connectivity index (χ4n) is 4.46. The Labute approximate surface area is 223 Å². The number of carbonyl (C=O) groups excluding carboxylic acids is 2. The second-order valence-electron chi connectivity index (χ2n) is 10.5. The smallest absolute Gasteiger partial charge is 0.331 e. The van der Waals surface area contributed by atoms with Gasteiger partial charge in [-0.05, 0) is 88.0 Å². The Morgan fingerprint density at radius 2 is 1.89 bits per heavy atom. The maximum absolute atomic E-state index is 12.0. The largest absolute Gasteiger partial charge is 0.463 e. The number of hydrogen-bond donors (Lipinski definition) is 1. The number of aromatic nitrogens is 1. The highest BCUT2D eigenvalue weighted by Crippen LogP contribution is 2.40. The molecule has 0 saturated carbocycles. The van der Waals surface area contributed by atoms with Crippen LogP contribution in [0.5, 0.6) is 0 Å². The summed E-state index contributed by atoms with van der Waals surface area (Å²) in [6.45, 7) is 11.9. The Hall–Kier alpha value is -3.21. The van der Waals surface area contributed by atoms with Crippen LogP contribution in [0.4, 0.5) is 0 Å². The summed E-state index contributed by atoms with van der Waals surface area (Å²) in [4.78, 5) is 27.9. The van der Waals surface area contributed by atoms with Crippen molar-refractivity contribution in [1.29, 1.82) is 0 Å². The van der Waals surface area contributed by atoms with E-state index >= 15 is 0 Å². The molecule has 0 aliphatic heterocycles. The number of nitrogens with zero attached hydrogens (tertiary/aromatic N) is 1. The molecule has 5 nitrogen and oxygen atoms in total. The van der Waals surface area contributed by atoms with Crippen molar-refractivity contribution in [2.75, 3.05) is 13.2 Å². The average Bonchev–Trinajstić information content (AvgIpc) is 2.85. The van der Waals surface area contributed by atoms with Crippen molar-refractivity contribution >= 4 is 11.9 Å². The van der Waals surface area contributed by atoms with Gasteiger partial charge in [-0.1, -0.05) is 61.8 Å². The molecule has 1 amide bonds. The highest BCUT2D eigenvalue weighted by molar-refractivity contribution is 5.93. The van der Waals surface area contributed by atoms with Crippen molar-refractivity contribution in [3.8, 4) is 0 Å². The summed E-state index contributed by atoms with van der Waals surface area (Å²) in [6.07, 6.45) is 22.5. The number of amides is 1. The molecule has 0 bridgehead atoms. The molecular weight excluding hydrogens is 460 g/mol. The fourth-order valence-corrected chi connectivity index (χ4v) is 4.46. The van der Waals surface area contributed by atoms with Gasteiger partial charge in [-0.3, -0.25) is 9.78 Å². The first-order valence-electron chi connectivity index (χ1n) is 13.5. The number of rotatable bonds is 13. The van der Waals surface area contributed by atoms with E-state index < -0.39 is 0 Å². The predicted octanol–water partition coefficient (Wildman–Crippen LogP) is 7.45. The van der Waals surface area contributed by atoms with E-state index in [9.17, 15) is 9.59 Å². The third-order valence-electron chi connectivity index (χ3n) is 6.64. The van der Waals surface area contributed by atoms with Crippen LogP contribution in [0.3, 0.4) is 0 Å². The maximum Gasteiger partial charge on any atom is 0.331 e. The minimum Gasteiger partial charge on any atom is -0.463 e. The third-order valence-corrected chi connectivity index (χ3v) is 6.64. The molecule has 1 aliphatic rings. The number of carbonyl (C=O) groups is 2. The summed E-state index contributed by atoms with van der Waals surface area (Å²) in [5.41, 5.74) is 5.80. The molecule has 1 N–H and O–H groups in total.